The number of nitrogens with one attached hydrogen (secondary N) is 1. The van der Waals surface area contributed by atoms with Gasteiger partial charge in [0.15, 0.2) is 11.9 Å². The van der Waals surface area contributed by atoms with Gasteiger partial charge in [-0.05, 0) is 42.8 Å². The first-order chi connectivity index (χ1) is 14.0. The smallest absolute Gasteiger partial charge is 0.278 e. The van der Waals surface area contributed by atoms with Crippen LogP contribution in [0.2, 0.25) is 5.02 Å². The number of H-pyrrole nitrogens is 1. The van der Waals surface area contributed by atoms with Gasteiger partial charge in [-0.1, -0.05) is 23.7 Å². The Morgan fingerprint density at radius 1 is 1.03 bits per heavy atom. The van der Waals surface area contributed by atoms with Crippen LogP contribution in [0.1, 0.15) is 11.3 Å². The monoisotopic (exact) mass is 404 g/mol. The van der Waals surface area contributed by atoms with Gasteiger partial charge in [0.1, 0.15) is 0 Å². The predicted octanol–water partition coefficient (Wildman–Crippen LogP) is 4.99. The average molecular weight is 405 g/mol. The molecule has 0 unspecified atom stereocenters. The minimum atomic E-state index is -0.0738. The molecule has 4 aromatic rings. The van der Waals surface area contributed by atoms with Crippen LogP contribution in [0.25, 0.3) is 16.5 Å². The van der Waals surface area contributed by atoms with Crippen molar-refractivity contribution in [1.82, 2.24) is 4.57 Å². The van der Waals surface area contributed by atoms with Gasteiger partial charge in [0.05, 0.1) is 21.8 Å². The summed E-state index contributed by atoms with van der Waals surface area (Å²) in [5, 5.41) is 31.0. The highest BCUT2D eigenvalue weighted by molar-refractivity contribution is 6.32. The predicted molar refractivity (Wildman–Crippen MR) is 110 cm³/mol. The van der Waals surface area contributed by atoms with E-state index in [2.05, 4.69) is 20.2 Å². The van der Waals surface area contributed by atoms with Crippen LogP contribution in [-0.4, -0.2) is 20.6 Å². The Morgan fingerprint density at radius 3 is 2.69 bits per heavy atom. The number of rotatable bonds is 2. The summed E-state index contributed by atoms with van der Waals surface area (Å²) in [4.78, 5) is 7.59. The number of nitrogens with zero attached hydrogens (tertiary/aromatic N) is 4. The number of hydrogen-bond donors (Lipinski definition) is 2. The van der Waals surface area contributed by atoms with Crippen molar-refractivity contribution in [3.05, 3.63) is 71.0 Å². The number of azo groups is 1. The molecule has 0 bridgehead atoms. The summed E-state index contributed by atoms with van der Waals surface area (Å²) in [5.74, 6) is 0.317. The number of aryl methyl sites for hydroxylation is 1. The molecule has 7 nitrogen and oxygen atoms in total. The number of halogens is 1. The normalized spacial score (nSPS) is 14.1. The number of hydrogen-bond acceptors (Lipinski definition) is 4. The molecule has 2 aromatic heterocycles. The first-order valence-corrected chi connectivity index (χ1v) is 9.26. The Bertz CT molecular complexity index is 1360. The quantitative estimate of drug-likeness (QED) is 0.492. The maximum absolute atomic E-state index is 10.7. The second-order valence-corrected chi connectivity index (χ2v) is 7.09. The Hall–Kier alpha value is -3.71. The lowest BCUT2D eigenvalue weighted by molar-refractivity contribution is -0.379. The molecule has 0 atom stereocenters. The van der Waals surface area contributed by atoms with Crippen LogP contribution >= 0.6 is 11.6 Å². The van der Waals surface area contributed by atoms with Crippen LogP contribution in [0.3, 0.4) is 0 Å². The summed E-state index contributed by atoms with van der Waals surface area (Å²) in [7, 11) is 0. The van der Waals surface area contributed by atoms with Gasteiger partial charge >= 0.3 is 0 Å². The summed E-state index contributed by atoms with van der Waals surface area (Å²) in [6, 6.07) is 14.2. The van der Waals surface area contributed by atoms with Gasteiger partial charge in [-0.2, -0.15) is 0 Å². The zero-order chi connectivity index (χ0) is 20.1. The maximum Gasteiger partial charge on any atom is 0.278 e. The minimum Gasteiger partial charge on any atom is -0.494 e. The van der Waals surface area contributed by atoms with E-state index in [1.807, 2.05) is 31.2 Å². The van der Waals surface area contributed by atoms with Crippen molar-refractivity contribution in [2.45, 2.75) is 6.92 Å². The molecule has 0 radical (unpaired) electrons. The molecule has 1 aliphatic heterocycles. The number of benzene rings is 2. The molecule has 0 amide bonds. The van der Waals surface area contributed by atoms with Gasteiger partial charge in [0, 0.05) is 11.5 Å². The highest BCUT2D eigenvalue weighted by Gasteiger charge is 2.23. The highest BCUT2D eigenvalue weighted by Crippen LogP contribution is 2.42. The molecule has 0 saturated carbocycles. The molecule has 2 aromatic carbocycles. The molecular weight excluding hydrogens is 390 g/mol. The Labute approximate surface area is 170 Å². The third-order valence-electron chi connectivity index (χ3n) is 4.88. The number of fused-ring (bicyclic) bond motifs is 2. The summed E-state index contributed by atoms with van der Waals surface area (Å²) in [5.41, 5.74) is 3.33. The molecule has 0 saturated heterocycles. The maximum atomic E-state index is 10.7. The van der Waals surface area contributed by atoms with E-state index in [9.17, 15) is 10.2 Å². The van der Waals surface area contributed by atoms with Crippen LogP contribution in [0, 0.1) is 6.92 Å². The Kier molecular flexibility index (Phi) is 3.85. The SMILES string of the molecule is Cc1cccc2c(O)n(-c3ccc(N=C4N=Nc5ccc[nH+]c54)cc3Cl)c(O)c12. The van der Waals surface area contributed by atoms with Crippen molar-refractivity contribution in [2.75, 3.05) is 0 Å². The number of aromatic amines is 1. The van der Waals surface area contributed by atoms with Gasteiger partial charge in [-0.15, -0.1) is 10.2 Å². The van der Waals surface area contributed by atoms with Crippen molar-refractivity contribution >= 4 is 39.6 Å². The summed E-state index contributed by atoms with van der Waals surface area (Å²) < 4.78 is 1.33. The van der Waals surface area contributed by atoms with Crippen molar-refractivity contribution in [1.29, 1.82) is 0 Å². The summed E-state index contributed by atoms with van der Waals surface area (Å²) >= 11 is 6.49. The first kappa shape index (κ1) is 17.4. The Balaban J connectivity index is 1.61. The first-order valence-electron chi connectivity index (χ1n) is 8.88. The van der Waals surface area contributed by atoms with E-state index < -0.39 is 0 Å². The standard InChI is InChI=1S/C21H14ClN5O2/c1-11-4-2-5-13-17(11)21(29)27(20(13)28)16-8-7-12(10-14(16)22)24-19-18-15(25-26-19)6-3-9-23-18/h2-10,28-29H,1H3/p+1. The largest absolute Gasteiger partial charge is 0.494 e. The second-order valence-electron chi connectivity index (χ2n) is 6.68. The van der Waals surface area contributed by atoms with Gasteiger partial charge in [0.2, 0.25) is 17.6 Å². The van der Waals surface area contributed by atoms with Gasteiger partial charge < -0.3 is 10.2 Å². The number of aliphatic imine (C=N–C) groups is 1. The van der Waals surface area contributed by atoms with Crippen LogP contribution in [0.4, 0.5) is 11.4 Å². The number of aromatic nitrogens is 2. The molecule has 142 valence electrons. The molecule has 0 spiro atoms. The van der Waals surface area contributed by atoms with E-state index in [4.69, 9.17) is 11.6 Å². The van der Waals surface area contributed by atoms with Crippen LogP contribution in [-0.2, 0) is 0 Å². The third kappa shape index (κ3) is 2.67. The van der Waals surface area contributed by atoms with E-state index in [1.165, 1.54) is 4.57 Å². The molecule has 0 fully saturated rings. The lowest BCUT2D eigenvalue weighted by Crippen LogP contribution is -2.12. The zero-order valence-corrected chi connectivity index (χ0v) is 16.0. The number of aromatic hydroxyl groups is 2. The van der Waals surface area contributed by atoms with Gasteiger partial charge in [-0.3, -0.25) is 0 Å². The lowest BCUT2D eigenvalue weighted by atomic mass is 10.1. The van der Waals surface area contributed by atoms with E-state index in [1.54, 1.807) is 30.5 Å². The number of amidine groups is 1. The van der Waals surface area contributed by atoms with Crippen molar-refractivity contribution in [3.8, 4) is 17.4 Å². The molecule has 5 rings (SSSR count). The van der Waals surface area contributed by atoms with E-state index >= 15 is 0 Å². The van der Waals surface area contributed by atoms with Crippen molar-refractivity contribution in [2.24, 2.45) is 15.2 Å². The fourth-order valence-corrected chi connectivity index (χ4v) is 3.76. The molecule has 3 N–H and O–H groups in total. The molecule has 0 aliphatic carbocycles. The molecule has 8 heteroatoms. The summed E-state index contributed by atoms with van der Waals surface area (Å²) in [6.45, 7) is 1.87. The average Bonchev–Trinajstić information content (AvgIpc) is 3.23. The highest BCUT2D eigenvalue weighted by atomic mass is 35.5. The molecule has 29 heavy (non-hydrogen) atoms. The minimum absolute atomic E-state index is 0.0651. The van der Waals surface area contributed by atoms with E-state index in [-0.39, 0.29) is 11.8 Å². The van der Waals surface area contributed by atoms with Crippen LogP contribution in [0.15, 0.2) is 69.9 Å². The Morgan fingerprint density at radius 2 is 1.90 bits per heavy atom. The fraction of sp³-hybridized carbons (Fsp3) is 0.0476. The number of pyridine rings is 1. The van der Waals surface area contributed by atoms with Crippen LogP contribution < -0.4 is 4.98 Å². The summed E-state index contributed by atoms with van der Waals surface area (Å²) in [6.07, 6.45) is 1.78. The molecular formula is C21H15ClN5O2+. The molecule has 3 heterocycles. The van der Waals surface area contributed by atoms with Gasteiger partial charge in [-0.25, -0.2) is 14.5 Å². The fourth-order valence-electron chi connectivity index (χ4n) is 3.50. The third-order valence-corrected chi connectivity index (χ3v) is 5.18. The van der Waals surface area contributed by atoms with Crippen molar-refractivity contribution in [3.63, 3.8) is 0 Å². The zero-order valence-electron chi connectivity index (χ0n) is 15.3. The van der Waals surface area contributed by atoms with E-state index in [0.717, 1.165) is 16.9 Å². The van der Waals surface area contributed by atoms with Crippen LogP contribution in [0.5, 0.6) is 11.8 Å². The van der Waals surface area contributed by atoms with E-state index in [0.29, 0.717) is 33.0 Å². The lowest BCUT2D eigenvalue weighted by Gasteiger charge is -2.09. The topological polar surface area (TPSA) is 96.6 Å². The molecule has 1 aliphatic rings. The van der Waals surface area contributed by atoms with Gasteiger partial charge in [0.25, 0.3) is 5.69 Å². The van der Waals surface area contributed by atoms with Crippen molar-refractivity contribution < 1.29 is 15.2 Å². The second kappa shape index (κ2) is 6.42.